The lowest BCUT2D eigenvalue weighted by molar-refractivity contribution is -0.119. The van der Waals surface area contributed by atoms with Crippen molar-refractivity contribution < 1.29 is 4.79 Å². The number of rotatable bonds is 6. The molecule has 2 N–H and O–H groups in total. The summed E-state index contributed by atoms with van der Waals surface area (Å²) in [6.45, 7) is 6.46. The molecule has 1 amide bonds. The van der Waals surface area contributed by atoms with Crippen LogP contribution in [0.25, 0.3) is 0 Å². The van der Waals surface area contributed by atoms with E-state index in [9.17, 15) is 4.79 Å². The lowest BCUT2D eigenvalue weighted by Gasteiger charge is -2.26. The van der Waals surface area contributed by atoms with Crippen LogP contribution in [0.3, 0.4) is 0 Å². The molecule has 29 heavy (non-hydrogen) atoms. The number of guanidine groups is 1. The van der Waals surface area contributed by atoms with Crippen molar-refractivity contribution in [2.45, 2.75) is 46.1 Å². The van der Waals surface area contributed by atoms with Gasteiger partial charge in [-0.25, -0.2) is 4.98 Å². The number of carbonyl (C=O) groups is 1. The molecule has 1 fully saturated rings. The van der Waals surface area contributed by atoms with E-state index in [0.29, 0.717) is 13.0 Å². The van der Waals surface area contributed by atoms with Gasteiger partial charge >= 0.3 is 0 Å². The van der Waals surface area contributed by atoms with Crippen LogP contribution < -0.4 is 15.5 Å². The first-order valence-corrected chi connectivity index (χ1v) is 10.6. The first-order valence-electron chi connectivity index (χ1n) is 9.83. The summed E-state index contributed by atoms with van der Waals surface area (Å²) in [4.78, 5) is 24.1. The van der Waals surface area contributed by atoms with Gasteiger partial charge < -0.3 is 15.5 Å². The van der Waals surface area contributed by atoms with Gasteiger partial charge in [-0.15, -0.1) is 35.3 Å². The summed E-state index contributed by atoms with van der Waals surface area (Å²) in [6, 6.07) is 8.20. The van der Waals surface area contributed by atoms with E-state index in [1.54, 1.807) is 18.4 Å². The summed E-state index contributed by atoms with van der Waals surface area (Å²) < 4.78 is 0. The van der Waals surface area contributed by atoms with Crippen molar-refractivity contribution in [1.29, 1.82) is 0 Å². The molecule has 0 unspecified atom stereocenters. The number of anilines is 1. The maximum atomic E-state index is 12.0. The van der Waals surface area contributed by atoms with Gasteiger partial charge in [-0.05, 0) is 44.4 Å². The molecule has 2 heterocycles. The van der Waals surface area contributed by atoms with Crippen molar-refractivity contribution in [2.75, 3.05) is 25.0 Å². The number of nitrogens with one attached hydrogen (secondary N) is 2. The number of amides is 1. The number of hydrogen-bond acceptors (Lipinski definition) is 4. The lowest BCUT2D eigenvalue weighted by Crippen LogP contribution is -2.38. The van der Waals surface area contributed by atoms with Gasteiger partial charge in [0.1, 0.15) is 0 Å². The van der Waals surface area contributed by atoms with Crippen molar-refractivity contribution in [3.8, 4) is 0 Å². The summed E-state index contributed by atoms with van der Waals surface area (Å²) in [7, 11) is 1.78. The number of piperidine rings is 1. The molecule has 3 rings (SSSR count). The number of aliphatic imine (C=N–C) groups is 1. The smallest absolute Gasteiger partial charge is 0.226 e. The van der Waals surface area contributed by atoms with Gasteiger partial charge in [-0.2, -0.15) is 0 Å². The second-order valence-electron chi connectivity index (χ2n) is 7.02. The predicted octanol–water partition coefficient (Wildman–Crippen LogP) is 3.80. The van der Waals surface area contributed by atoms with Crippen LogP contribution in [0.4, 0.5) is 5.69 Å². The Morgan fingerprint density at radius 1 is 1.21 bits per heavy atom. The van der Waals surface area contributed by atoms with E-state index < -0.39 is 0 Å². The van der Waals surface area contributed by atoms with Crippen LogP contribution in [0.2, 0.25) is 0 Å². The Kier molecular flexibility index (Phi) is 9.35. The lowest BCUT2D eigenvalue weighted by atomic mass is 10.1. The van der Waals surface area contributed by atoms with Crippen LogP contribution in [0.15, 0.2) is 29.3 Å². The molecule has 0 aliphatic carbocycles. The Labute approximate surface area is 194 Å². The molecule has 1 aliphatic rings. The van der Waals surface area contributed by atoms with Crippen molar-refractivity contribution in [1.82, 2.24) is 15.6 Å². The Morgan fingerprint density at radius 2 is 1.97 bits per heavy atom. The highest BCUT2D eigenvalue weighted by molar-refractivity contribution is 14.0. The molecule has 2 aromatic rings. The average Bonchev–Trinajstić information content (AvgIpc) is 3.03. The van der Waals surface area contributed by atoms with Gasteiger partial charge in [0.25, 0.3) is 0 Å². The van der Waals surface area contributed by atoms with E-state index in [1.807, 2.05) is 17.0 Å². The molecular formula is C21H30IN5OS. The molecule has 8 heteroatoms. The number of aryl methyl sites for hydroxylation is 2. The van der Waals surface area contributed by atoms with Gasteiger partial charge in [0.05, 0.1) is 10.7 Å². The Morgan fingerprint density at radius 3 is 2.59 bits per heavy atom. The van der Waals surface area contributed by atoms with E-state index in [4.69, 9.17) is 0 Å². The van der Waals surface area contributed by atoms with Crippen LogP contribution in [0, 0.1) is 13.8 Å². The van der Waals surface area contributed by atoms with Gasteiger partial charge in [0.2, 0.25) is 5.91 Å². The van der Waals surface area contributed by atoms with E-state index in [-0.39, 0.29) is 29.9 Å². The topological polar surface area (TPSA) is 69.6 Å². The fraction of sp³-hybridized carbons (Fsp3) is 0.476. The predicted molar refractivity (Wildman–Crippen MR) is 132 cm³/mol. The number of halogens is 1. The number of nitrogens with zero attached hydrogens (tertiary/aromatic N) is 3. The van der Waals surface area contributed by atoms with Gasteiger partial charge in [0, 0.05) is 50.1 Å². The van der Waals surface area contributed by atoms with Crippen molar-refractivity contribution in [3.63, 3.8) is 0 Å². The van der Waals surface area contributed by atoms with E-state index in [0.717, 1.165) is 60.3 Å². The summed E-state index contributed by atoms with van der Waals surface area (Å²) in [5.74, 6) is 1.01. The number of aromatic nitrogens is 1. The number of carbonyl (C=O) groups excluding carboxylic acids is 1. The molecule has 158 valence electrons. The zero-order chi connectivity index (χ0) is 19.9. The molecule has 1 aromatic carbocycles. The summed E-state index contributed by atoms with van der Waals surface area (Å²) in [5.41, 5.74) is 3.27. The Hall–Kier alpha value is -1.68. The minimum atomic E-state index is 0. The molecule has 6 nitrogen and oxygen atoms in total. The van der Waals surface area contributed by atoms with E-state index in [2.05, 4.69) is 46.6 Å². The van der Waals surface area contributed by atoms with Crippen molar-refractivity contribution >= 4 is 52.9 Å². The molecular weight excluding hydrogens is 497 g/mol. The first-order chi connectivity index (χ1) is 13.6. The largest absolute Gasteiger partial charge is 0.356 e. The van der Waals surface area contributed by atoms with E-state index >= 15 is 0 Å². The molecule has 1 aromatic heterocycles. The molecule has 0 spiro atoms. The first kappa shape index (κ1) is 23.6. The second kappa shape index (κ2) is 11.5. The normalized spacial score (nSPS) is 14.5. The zero-order valence-electron chi connectivity index (χ0n) is 17.3. The highest BCUT2D eigenvalue weighted by atomic mass is 127. The minimum Gasteiger partial charge on any atom is -0.356 e. The monoisotopic (exact) mass is 527 g/mol. The molecule has 0 saturated carbocycles. The van der Waals surface area contributed by atoms with Crippen LogP contribution in [-0.4, -0.2) is 37.0 Å². The quantitative estimate of drug-likeness (QED) is 0.341. The van der Waals surface area contributed by atoms with Crippen molar-refractivity contribution in [3.05, 3.63) is 45.4 Å². The summed E-state index contributed by atoms with van der Waals surface area (Å²) >= 11 is 1.76. The minimum absolute atomic E-state index is 0. The number of benzene rings is 1. The summed E-state index contributed by atoms with van der Waals surface area (Å²) in [5, 5.41) is 7.83. The van der Waals surface area contributed by atoms with Gasteiger partial charge in [-0.1, -0.05) is 12.1 Å². The summed E-state index contributed by atoms with van der Waals surface area (Å²) in [6.07, 6.45) is 3.63. The SMILES string of the molecule is CN=C(NCCc1nc(C)c(C)s1)NCc1ccc(N2CCCCC2=O)cc1.I. The molecule has 0 bridgehead atoms. The fourth-order valence-corrected chi connectivity index (χ4v) is 4.15. The van der Waals surface area contributed by atoms with E-state index in [1.165, 1.54) is 4.88 Å². The second-order valence-corrected chi connectivity index (χ2v) is 8.31. The standard InChI is InChI=1S/C21H29N5OS.HI/c1-15-16(2)28-19(25-15)11-12-23-21(22-3)24-14-17-7-9-18(10-8-17)26-13-5-4-6-20(26)27;/h7-10H,4-6,11-14H2,1-3H3,(H2,22,23,24);1H. The highest BCUT2D eigenvalue weighted by Crippen LogP contribution is 2.21. The number of hydrogen-bond donors (Lipinski definition) is 2. The third kappa shape index (κ3) is 6.67. The maximum absolute atomic E-state index is 12.0. The molecule has 0 radical (unpaired) electrons. The maximum Gasteiger partial charge on any atom is 0.226 e. The van der Waals surface area contributed by atoms with Crippen molar-refractivity contribution in [2.24, 2.45) is 4.99 Å². The van der Waals surface area contributed by atoms with Gasteiger partial charge in [-0.3, -0.25) is 9.79 Å². The molecule has 1 saturated heterocycles. The van der Waals surface area contributed by atoms with Crippen LogP contribution in [-0.2, 0) is 17.8 Å². The van der Waals surface area contributed by atoms with Crippen LogP contribution in [0.1, 0.15) is 40.4 Å². The fourth-order valence-electron chi connectivity index (χ4n) is 3.21. The number of thiazole rings is 1. The third-order valence-electron chi connectivity index (χ3n) is 4.96. The van der Waals surface area contributed by atoms with Crippen LogP contribution >= 0.6 is 35.3 Å². The zero-order valence-corrected chi connectivity index (χ0v) is 20.5. The van der Waals surface area contributed by atoms with Crippen LogP contribution in [0.5, 0.6) is 0 Å². The average molecular weight is 527 g/mol. The Bertz CT molecular complexity index is 815. The van der Waals surface area contributed by atoms with Gasteiger partial charge in [0.15, 0.2) is 5.96 Å². The molecule has 0 atom stereocenters. The highest BCUT2D eigenvalue weighted by Gasteiger charge is 2.19. The Balaban J connectivity index is 0.00000300. The molecule has 1 aliphatic heterocycles. The third-order valence-corrected chi connectivity index (χ3v) is 6.09.